The van der Waals surface area contributed by atoms with E-state index < -0.39 is 6.10 Å². The molecular formula is C15H20O3. The van der Waals surface area contributed by atoms with E-state index in [9.17, 15) is 5.11 Å². The predicted octanol–water partition coefficient (Wildman–Crippen LogP) is 3.07. The van der Waals surface area contributed by atoms with Gasteiger partial charge < -0.3 is 14.6 Å². The molecule has 1 aliphatic carbocycles. The van der Waals surface area contributed by atoms with E-state index >= 15 is 0 Å². The lowest BCUT2D eigenvalue weighted by molar-refractivity contribution is -0.0357. The van der Waals surface area contributed by atoms with Crippen LogP contribution in [0.25, 0.3) is 0 Å². The SMILES string of the molecule is COc1ccc2c(c1)[C@@H](O)CC1(CCCC1C)O2. The van der Waals surface area contributed by atoms with E-state index in [0.29, 0.717) is 12.3 Å². The molecule has 0 amide bonds. The number of hydrogen-bond acceptors (Lipinski definition) is 3. The molecular weight excluding hydrogens is 228 g/mol. The summed E-state index contributed by atoms with van der Waals surface area (Å²) < 4.78 is 11.4. The van der Waals surface area contributed by atoms with Gasteiger partial charge in [0.1, 0.15) is 17.1 Å². The van der Waals surface area contributed by atoms with Crippen LogP contribution < -0.4 is 9.47 Å². The Morgan fingerprint density at radius 3 is 2.94 bits per heavy atom. The average molecular weight is 248 g/mol. The van der Waals surface area contributed by atoms with Crippen molar-refractivity contribution >= 4 is 0 Å². The maximum absolute atomic E-state index is 10.4. The van der Waals surface area contributed by atoms with Gasteiger partial charge in [0.25, 0.3) is 0 Å². The molecule has 3 nitrogen and oxygen atoms in total. The van der Waals surface area contributed by atoms with Crippen molar-refractivity contribution in [2.75, 3.05) is 7.11 Å². The lowest BCUT2D eigenvalue weighted by Crippen LogP contribution is -2.43. The molecule has 3 atom stereocenters. The summed E-state index contributed by atoms with van der Waals surface area (Å²) in [4.78, 5) is 0. The molecule has 2 unspecified atom stereocenters. The lowest BCUT2D eigenvalue weighted by Gasteiger charge is -2.41. The summed E-state index contributed by atoms with van der Waals surface area (Å²) >= 11 is 0. The number of methoxy groups -OCH3 is 1. The van der Waals surface area contributed by atoms with Crippen LogP contribution in [0, 0.1) is 5.92 Å². The Morgan fingerprint density at radius 1 is 1.44 bits per heavy atom. The Balaban J connectivity index is 1.98. The van der Waals surface area contributed by atoms with Gasteiger partial charge in [-0.1, -0.05) is 6.92 Å². The van der Waals surface area contributed by atoms with Crippen LogP contribution in [0.2, 0.25) is 0 Å². The average Bonchev–Trinajstić information content (AvgIpc) is 2.70. The standard InChI is InChI=1S/C15H20O3/c1-10-4-3-7-15(10)9-13(16)12-8-11(17-2)5-6-14(12)18-15/h5-6,8,10,13,16H,3-4,7,9H2,1-2H3/t10?,13-,15?/m0/s1. The van der Waals surface area contributed by atoms with E-state index in [4.69, 9.17) is 9.47 Å². The van der Waals surface area contributed by atoms with Gasteiger partial charge in [-0.3, -0.25) is 0 Å². The number of rotatable bonds is 1. The monoisotopic (exact) mass is 248 g/mol. The number of fused-ring (bicyclic) bond motifs is 1. The van der Waals surface area contributed by atoms with Crippen molar-refractivity contribution in [3.8, 4) is 11.5 Å². The fourth-order valence-corrected chi connectivity index (χ4v) is 3.38. The van der Waals surface area contributed by atoms with Gasteiger partial charge in [-0.05, 0) is 43.4 Å². The Kier molecular flexibility index (Phi) is 2.74. The van der Waals surface area contributed by atoms with Crippen LogP contribution in [0.3, 0.4) is 0 Å². The van der Waals surface area contributed by atoms with Gasteiger partial charge >= 0.3 is 0 Å². The van der Waals surface area contributed by atoms with Gasteiger partial charge in [0.2, 0.25) is 0 Å². The highest BCUT2D eigenvalue weighted by atomic mass is 16.5. The zero-order valence-electron chi connectivity index (χ0n) is 11.0. The second-order valence-corrected chi connectivity index (χ2v) is 5.58. The summed E-state index contributed by atoms with van der Waals surface area (Å²) in [6, 6.07) is 5.69. The van der Waals surface area contributed by atoms with E-state index in [0.717, 1.165) is 23.5 Å². The molecule has 3 heteroatoms. The third-order valence-electron chi connectivity index (χ3n) is 4.56. The first-order valence-corrected chi connectivity index (χ1v) is 6.70. The molecule has 18 heavy (non-hydrogen) atoms. The minimum absolute atomic E-state index is 0.152. The van der Waals surface area contributed by atoms with E-state index in [1.165, 1.54) is 12.8 Å². The molecule has 0 saturated heterocycles. The third kappa shape index (κ3) is 1.69. The highest BCUT2D eigenvalue weighted by Gasteiger charge is 2.47. The maximum Gasteiger partial charge on any atom is 0.126 e. The van der Waals surface area contributed by atoms with Crippen molar-refractivity contribution in [2.45, 2.75) is 44.3 Å². The van der Waals surface area contributed by atoms with Gasteiger partial charge in [0, 0.05) is 12.0 Å². The first kappa shape index (κ1) is 11.8. The molecule has 1 spiro atoms. The van der Waals surface area contributed by atoms with Gasteiger partial charge in [0.15, 0.2) is 0 Å². The Hall–Kier alpha value is -1.22. The van der Waals surface area contributed by atoms with Crippen molar-refractivity contribution in [1.29, 1.82) is 0 Å². The lowest BCUT2D eigenvalue weighted by atomic mass is 9.82. The van der Waals surface area contributed by atoms with Gasteiger partial charge in [-0.15, -0.1) is 0 Å². The molecule has 1 heterocycles. The Bertz CT molecular complexity index is 457. The maximum atomic E-state index is 10.4. The first-order valence-electron chi connectivity index (χ1n) is 6.70. The van der Waals surface area contributed by atoms with Crippen LogP contribution in [-0.4, -0.2) is 17.8 Å². The molecule has 1 aromatic rings. The number of ether oxygens (including phenoxy) is 2. The summed E-state index contributed by atoms with van der Waals surface area (Å²) in [5, 5.41) is 10.4. The zero-order chi connectivity index (χ0) is 12.8. The number of aliphatic hydroxyl groups excluding tert-OH is 1. The molecule has 3 rings (SSSR count). The zero-order valence-corrected chi connectivity index (χ0v) is 11.0. The molecule has 1 aromatic carbocycles. The second kappa shape index (κ2) is 4.16. The number of hydrogen-bond donors (Lipinski definition) is 1. The number of benzene rings is 1. The molecule has 2 aliphatic rings. The Morgan fingerprint density at radius 2 is 2.28 bits per heavy atom. The normalized spacial score (nSPS) is 34.2. The fraction of sp³-hybridized carbons (Fsp3) is 0.600. The van der Waals surface area contributed by atoms with Gasteiger partial charge in [-0.2, -0.15) is 0 Å². The second-order valence-electron chi connectivity index (χ2n) is 5.58. The smallest absolute Gasteiger partial charge is 0.126 e. The van der Waals surface area contributed by atoms with Crippen molar-refractivity contribution < 1.29 is 14.6 Å². The largest absolute Gasteiger partial charge is 0.497 e. The molecule has 98 valence electrons. The summed E-state index contributed by atoms with van der Waals surface area (Å²) in [6.45, 7) is 2.23. The molecule has 1 aliphatic heterocycles. The van der Waals surface area contributed by atoms with Crippen molar-refractivity contribution in [2.24, 2.45) is 5.92 Å². The number of aliphatic hydroxyl groups is 1. The predicted molar refractivity (Wildman–Crippen MR) is 68.9 cm³/mol. The van der Waals surface area contributed by atoms with E-state index in [-0.39, 0.29) is 5.60 Å². The van der Waals surface area contributed by atoms with Gasteiger partial charge in [0.05, 0.1) is 13.2 Å². The molecule has 0 aromatic heterocycles. The minimum atomic E-state index is -0.440. The van der Waals surface area contributed by atoms with Crippen molar-refractivity contribution in [1.82, 2.24) is 0 Å². The summed E-state index contributed by atoms with van der Waals surface area (Å²) in [6.07, 6.45) is 3.70. The van der Waals surface area contributed by atoms with Crippen molar-refractivity contribution in [3.63, 3.8) is 0 Å². The van der Waals surface area contributed by atoms with Crippen LogP contribution in [0.4, 0.5) is 0 Å². The van der Waals surface area contributed by atoms with E-state index in [1.54, 1.807) is 7.11 Å². The molecule has 0 bridgehead atoms. The van der Waals surface area contributed by atoms with E-state index in [1.807, 2.05) is 18.2 Å². The summed E-state index contributed by atoms with van der Waals surface area (Å²) in [5.74, 6) is 2.11. The van der Waals surface area contributed by atoms with Crippen molar-refractivity contribution in [3.05, 3.63) is 23.8 Å². The molecule has 1 saturated carbocycles. The summed E-state index contributed by atoms with van der Waals surface area (Å²) in [7, 11) is 1.64. The first-order chi connectivity index (χ1) is 8.64. The summed E-state index contributed by atoms with van der Waals surface area (Å²) in [5.41, 5.74) is 0.708. The van der Waals surface area contributed by atoms with Crippen LogP contribution in [-0.2, 0) is 0 Å². The molecule has 0 radical (unpaired) electrons. The molecule has 1 fully saturated rings. The third-order valence-corrected chi connectivity index (χ3v) is 4.56. The van der Waals surface area contributed by atoms with Crippen LogP contribution in [0.5, 0.6) is 11.5 Å². The van der Waals surface area contributed by atoms with Crippen LogP contribution >= 0.6 is 0 Å². The van der Waals surface area contributed by atoms with Crippen LogP contribution in [0.15, 0.2) is 18.2 Å². The van der Waals surface area contributed by atoms with E-state index in [2.05, 4.69) is 6.92 Å². The minimum Gasteiger partial charge on any atom is -0.497 e. The quantitative estimate of drug-likeness (QED) is 0.830. The van der Waals surface area contributed by atoms with Gasteiger partial charge in [-0.25, -0.2) is 0 Å². The van der Waals surface area contributed by atoms with Crippen LogP contribution in [0.1, 0.15) is 44.3 Å². The molecule has 1 N–H and O–H groups in total. The topological polar surface area (TPSA) is 38.7 Å². The highest BCUT2D eigenvalue weighted by Crippen LogP contribution is 2.50. The fourth-order valence-electron chi connectivity index (χ4n) is 3.38. The highest BCUT2D eigenvalue weighted by molar-refractivity contribution is 5.44. The Labute approximate surface area is 108 Å².